The number of ether oxygens (including phenoxy) is 1. The number of benzene rings is 2. The van der Waals surface area contributed by atoms with Gasteiger partial charge in [0.05, 0.1) is 18.0 Å². The van der Waals surface area contributed by atoms with Gasteiger partial charge in [-0.15, -0.1) is 11.8 Å². The molecule has 0 bridgehead atoms. The maximum absolute atomic E-state index is 14.2. The van der Waals surface area contributed by atoms with E-state index in [1.165, 1.54) is 12.1 Å². The predicted octanol–water partition coefficient (Wildman–Crippen LogP) is 2.62. The molecule has 1 fully saturated rings. The number of aliphatic hydroxyl groups is 4. The Morgan fingerprint density at radius 3 is 2.46 bits per heavy atom. The molecular formula is C19H19Cl2FO5S. The highest BCUT2D eigenvalue weighted by molar-refractivity contribution is 8.00. The Balaban J connectivity index is 1.89. The van der Waals surface area contributed by atoms with E-state index in [0.717, 1.165) is 11.8 Å². The van der Waals surface area contributed by atoms with E-state index >= 15 is 0 Å². The first-order valence-corrected chi connectivity index (χ1v) is 10.2. The summed E-state index contributed by atoms with van der Waals surface area (Å²) in [5, 5.41) is 39.5. The van der Waals surface area contributed by atoms with Gasteiger partial charge in [-0.3, -0.25) is 0 Å². The summed E-state index contributed by atoms with van der Waals surface area (Å²) >= 11 is 13.2. The minimum absolute atomic E-state index is 0.101. The lowest BCUT2D eigenvalue weighted by atomic mass is 10.0. The number of thioether (sulfide) groups is 1. The molecule has 0 spiro atoms. The molecule has 9 heteroatoms. The first-order chi connectivity index (χ1) is 13.3. The minimum Gasteiger partial charge on any atom is -0.477 e. The number of halogens is 3. The molecule has 1 aliphatic rings. The largest absolute Gasteiger partial charge is 0.477 e. The van der Waals surface area contributed by atoms with Crippen LogP contribution in [0.2, 0.25) is 10.0 Å². The molecule has 152 valence electrons. The number of hydrogen-bond donors (Lipinski definition) is 4. The molecule has 2 aromatic carbocycles. The Bertz CT molecular complexity index is 818. The van der Waals surface area contributed by atoms with Crippen molar-refractivity contribution < 1.29 is 29.6 Å². The van der Waals surface area contributed by atoms with Crippen molar-refractivity contribution in [1.29, 1.82) is 0 Å². The molecule has 0 saturated carbocycles. The summed E-state index contributed by atoms with van der Waals surface area (Å²) in [6.45, 7) is -0.395. The van der Waals surface area contributed by atoms with Gasteiger partial charge in [-0.1, -0.05) is 29.3 Å². The smallest absolute Gasteiger partial charge is 0.173 e. The SMILES string of the molecule is OC[C@@H]1S[C@H](Oc2ccc(Cl)cc2Cc2c(F)cccc2Cl)[C@H](O)[C@@H](O)[C@@H]1O. The van der Waals surface area contributed by atoms with Gasteiger partial charge >= 0.3 is 0 Å². The lowest BCUT2D eigenvalue weighted by molar-refractivity contribution is -0.0910. The van der Waals surface area contributed by atoms with Crippen LogP contribution in [0.3, 0.4) is 0 Å². The molecule has 28 heavy (non-hydrogen) atoms. The molecule has 4 N–H and O–H groups in total. The topological polar surface area (TPSA) is 90.2 Å². The van der Waals surface area contributed by atoms with Crippen LogP contribution in [0.15, 0.2) is 36.4 Å². The maximum atomic E-state index is 14.2. The molecule has 5 nitrogen and oxygen atoms in total. The molecule has 2 aromatic rings. The molecule has 5 atom stereocenters. The highest BCUT2D eigenvalue weighted by Crippen LogP contribution is 2.36. The first kappa shape index (κ1) is 21.6. The quantitative estimate of drug-likeness (QED) is 0.561. The minimum atomic E-state index is -1.47. The van der Waals surface area contributed by atoms with Crippen molar-refractivity contribution in [3.8, 4) is 5.75 Å². The highest BCUT2D eigenvalue weighted by atomic mass is 35.5. The summed E-state index contributed by atoms with van der Waals surface area (Å²) < 4.78 is 20.1. The van der Waals surface area contributed by atoms with Crippen molar-refractivity contribution in [2.45, 2.75) is 35.4 Å². The Kier molecular flexibility index (Phi) is 7.09. The molecule has 3 rings (SSSR count). The zero-order valence-corrected chi connectivity index (χ0v) is 16.8. The lowest BCUT2D eigenvalue weighted by Crippen LogP contribution is -2.55. The van der Waals surface area contributed by atoms with E-state index in [0.29, 0.717) is 16.3 Å². The van der Waals surface area contributed by atoms with Gasteiger partial charge in [-0.2, -0.15) is 0 Å². The van der Waals surface area contributed by atoms with Gasteiger partial charge in [0, 0.05) is 27.6 Å². The zero-order chi connectivity index (χ0) is 20.4. The summed E-state index contributed by atoms with van der Waals surface area (Å²) in [5.74, 6) is -0.148. The second-order valence-electron chi connectivity index (χ2n) is 6.44. The van der Waals surface area contributed by atoms with Crippen LogP contribution in [0.5, 0.6) is 5.75 Å². The van der Waals surface area contributed by atoms with E-state index in [1.807, 2.05) is 0 Å². The standard InChI is InChI=1S/C19H19Cl2FO5S/c20-10-4-5-14(9(6-10)7-11-12(21)2-1-3-13(11)22)27-19-18(26)17(25)16(24)15(8-23)28-19/h1-6,15-19,23-26H,7-8H2/t15-,16+,17-,18+,19-/m0/s1. The Morgan fingerprint density at radius 2 is 1.79 bits per heavy atom. The van der Waals surface area contributed by atoms with Crippen LogP contribution in [-0.4, -0.2) is 56.0 Å². The van der Waals surface area contributed by atoms with E-state index in [-0.39, 0.29) is 17.0 Å². The van der Waals surface area contributed by atoms with Gasteiger partial charge in [-0.25, -0.2) is 4.39 Å². The molecule has 0 aromatic heterocycles. The Morgan fingerprint density at radius 1 is 1.04 bits per heavy atom. The van der Waals surface area contributed by atoms with Gasteiger partial charge in [0.1, 0.15) is 23.8 Å². The van der Waals surface area contributed by atoms with Crippen LogP contribution in [0, 0.1) is 5.82 Å². The average Bonchev–Trinajstić information content (AvgIpc) is 2.67. The predicted molar refractivity (Wildman–Crippen MR) is 107 cm³/mol. The van der Waals surface area contributed by atoms with Gasteiger partial charge in [0.2, 0.25) is 0 Å². The first-order valence-electron chi connectivity index (χ1n) is 8.50. The van der Waals surface area contributed by atoms with Gasteiger partial charge < -0.3 is 25.2 Å². The molecule has 0 radical (unpaired) electrons. The molecular weight excluding hydrogens is 430 g/mol. The van der Waals surface area contributed by atoms with Crippen molar-refractivity contribution in [2.24, 2.45) is 0 Å². The fraction of sp³-hybridized carbons (Fsp3) is 0.368. The second-order valence-corrected chi connectivity index (χ2v) is 8.63. The lowest BCUT2D eigenvalue weighted by Gasteiger charge is -2.39. The number of rotatable bonds is 5. The Labute approximate surface area is 175 Å². The van der Waals surface area contributed by atoms with Crippen LogP contribution in [0.4, 0.5) is 4.39 Å². The van der Waals surface area contributed by atoms with Crippen molar-refractivity contribution >= 4 is 35.0 Å². The van der Waals surface area contributed by atoms with Crippen molar-refractivity contribution in [2.75, 3.05) is 6.61 Å². The highest BCUT2D eigenvalue weighted by Gasteiger charge is 2.44. The second kappa shape index (κ2) is 9.17. The van der Waals surface area contributed by atoms with E-state index < -0.39 is 41.4 Å². The van der Waals surface area contributed by atoms with Crippen LogP contribution >= 0.6 is 35.0 Å². The summed E-state index contributed by atoms with van der Waals surface area (Å²) in [6.07, 6.45) is -4.04. The number of hydrogen-bond acceptors (Lipinski definition) is 6. The molecule has 0 aliphatic carbocycles. The van der Waals surface area contributed by atoms with Gasteiger partial charge in [0.25, 0.3) is 0 Å². The molecule has 0 unspecified atom stereocenters. The maximum Gasteiger partial charge on any atom is 0.173 e. The molecule has 0 amide bonds. The summed E-state index contributed by atoms with van der Waals surface area (Å²) in [6, 6.07) is 9.15. The van der Waals surface area contributed by atoms with Crippen LogP contribution in [0.25, 0.3) is 0 Å². The van der Waals surface area contributed by atoms with Crippen LogP contribution in [-0.2, 0) is 6.42 Å². The van der Waals surface area contributed by atoms with Crippen molar-refractivity contribution in [3.63, 3.8) is 0 Å². The fourth-order valence-corrected chi connectivity index (χ4v) is 4.64. The number of aliphatic hydroxyl groups excluding tert-OH is 4. The van der Waals surface area contributed by atoms with Crippen LogP contribution < -0.4 is 4.74 Å². The fourth-order valence-electron chi connectivity index (χ4n) is 2.98. The third kappa shape index (κ3) is 4.57. The van der Waals surface area contributed by atoms with Crippen LogP contribution in [0.1, 0.15) is 11.1 Å². The Hall–Kier alpha value is -1.06. The summed E-state index contributed by atoms with van der Waals surface area (Å²) in [5.41, 5.74) is -0.142. The normalized spacial score (nSPS) is 27.6. The van der Waals surface area contributed by atoms with E-state index in [9.17, 15) is 24.8 Å². The van der Waals surface area contributed by atoms with Crippen molar-refractivity contribution in [1.82, 2.24) is 0 Å². The third-order valence-corrected chi connectivity index (χ3v) is 6.55. The molecule has 1 aliphatic heterocycles. The summed E-state index contributed by atoms with van der Waals surface area (Å²) in [4.78, 5) is 0. The third-order valence-electron chi connectivity index (χ3n) is 4.54. The average molecular weight is 449 g/mol. The van der Waals surface area contributed by atoms with Crippen molar-refractivity contribution in [3.05, 3.63) is 63.4 Å². The molecule has 1 saturated heterocycles. The summed E-state index contributed by atoms with van der Waals surface area (Å²) in [7, 11) is 0. The van der Waals surface area contributed by atoms with E-state index in [4.69, 9.17) is 27.9 Å². The van der Waals surface area contributed by atoms with Gasteiger partial charge in [-0.05, 0) is 30.3 Å². The van der Waals surface area contributed by atoms with E-state index in [2.05, 4.69) is 0 Å². The monoisotopic (exact) mass is 448 g/mol. The zero-order valence-electron chi connectivity index (χ0n) is 14.5. The van der Waals surface area contributed by atoms with E-state index in [1.54, 1.807) is 24.3 Å². The van der Waals surface area contributed by atoms with Gasteiger partial charge in [0.15, 0.2) is 5.44 Å². The molecule has 1 heterocycles.